The van der Waals surface area contributed by atoms with Gasteiger partial charge in [-0.05, 0) is 26.2 Å². The summed E-state index contributed by atoms with van der Waals surface area (Å²) >= 11 is 0. The predicted octanol–water partition coefficient (Wildman–Crippen LogP) is 3.81. The lowest BCUT2D eigenvalue weighted by atomic mass is 10.0. The van der Waals surface area contributed by atoms with Crippen LogP contribution in [0.25, 0.3) is 0 Å². The van der Waals surface area contributed by atoms with Crippen molar-refractivity contribution in [2.24, 2.45) is 0 Å². The van der Waals surface area contributed by atoms with E-state index in [2.05, 4.69) is 12.1 Å². The van der Waals surface area contributed by atoms with E-state index in [9.17, 15) is 0 Å². The summed E-state index contributed by atoms with van der Waals surface area (Å²) in [6.07, 6.45) is 11.6. The maximum atomic E-state index is 5.41. The second-order valence-electron chi connectivity index (χ2n) is 4.65. The van der Waals surface area contributed by atoms with Gasteiger partial charge in [-0.15, -0.1) is 0 Å². The highest BCUT2D eigenvalue weighted by Crippen LogP contribution is 2.20. The van der Waals surface area contributed by atoms with Crippen molar-refractivity contribution in [2.45, 2.75) is 64.7 Å². The molecule has 1 aromatic heterocycles. The molecule has 0 radical (unpaired) electrons. The summed E-state index contributed by atoms with van der Waals surface area (Å²) in [6, 6.07) is 0. The first kappa shape index (κ1) is 10.7. The summed E-state index contributed by atoms with van der Waals surface area (Å²) in [7, 11) is 0. The first-order valence-corrected chi connectivity index (χ1v) is 6.32. The predicted molar refractivity (Wildman–Crippen MR) is 61.0 cm³/mol. The summed E-state index contributed by atoms with van der Waals surface area (Å²) in [5.74, 6) is 1.13. The second-order valence-corrected chi connectivity index (χ2v) is 4.65. The van der Waals surface area contributed by atoms with Gasteiger partial charge in [0.2, 0.25) is 0 Å². The third kappa shape index (κ3) is 2.83. The average Bonchev–Trinajstić information content (AvgIpc) is 2.58. The van der Waals surface area contributed by atoms with Gasteiger partial charge in [0, 0.05) is 12.0 Å². The molecule has 15 heavy (non-hydrogen) atoms. The monoisotopic (exact) mass is 207 g/mol. The molecule has 2 nitrogen and oxygen atoms in total. The molecule has 0 saturated carbocycles. The molecule has 0 saturated heterocycles. The standard InChI is InChI=1S/C13H21NO/c1-11-12-9-7-5-3-2-4-6-8-10-13(11)15-14-12/h2-10H2,1H3. The number of aryl methyl sites for hydroxylation is 2. The molecular weight excluding hydrogens is 186 g/mol. The molecular formula is C13H21NO. The normalized spacial score (nSPS) is 19.3. The van der Waals surface area contributed by atoms with Crippen molar-refractivity contribution >= 4 is 0 Å². The summed E-state index contributed by atoms with van der Waals surface area (Å²) in [6.45, 7) is 2.16. The molecule has 0 aromatic carbocycles. The minimum Gasteiger partial charge on any atom is -0.361 e. The van der Waals surface area contributed by atoms with Crippen molar-refractivity contribution in [1.29, 1.82) is 0 Å². The zero-order valence-corrected chi connectivity index (χ0v) is 9.72. The summed E-state index contributed by atoms with van der Waals surface area (Å²) in [4.78, 5) is 0. The van der Waals surface area contributed by atoms with Crippen molar-refractivity contribution in [3.8, 4) is 0 Å². The van der Waals surface area contributed by atoms with Crippen LogP contribution in [-0.2, 0) is 12.8 Å². The second kappa shape index (κ2) is 5.34. The van der Waals surface area contributed by atoms with Gasteiger partial charge in [-0.1, -0.05) is 37.3 Å². The number of rotatable bonds is 0. The van der Waals surface area contributed by atoms with Crippen LogP contribution in [0.3, 0.4) is 0 Å². The lowest BCUT2D eigenvalue weighted by Crippen LogP contribution is -1.93. The molecule has 1 aliphatic rings. The van der Waals surface area contributed by atoms with Crippen LogP contribution in [0.5, 0.6) is 0 Å². The molecule has 0 atom stereocenters. The Morgan fingerprint density at radius 3 is 2.20 bits per heavy atom. The smallest absolute Gasteiger partial charge is 0.139 e. The summed E-state index contributed by atoms with van der Waals surface area (Å²) < 4.78 is 5.41. The molecule has 2 heteroatoms. The molecule has 1 heterocycles. The highest BCUT2D eigenvalue weighted by atomic mass is 16.5. The highest BCUT2D eigenvalue weighted by Gasteiger charge is 2.11. The molecule has 0 N–H and O–H groups in total. The van der Waals surface area contributed by atoms with Gasteiger partial charge in [-0.2, -0.15) is 0 Å². The zero-order valence-electron chi connectivity index (χ0n) is 9.72. The van der Waals surface area contributed by atoms with Crippen LogP contribution in [0.1, 0.15) is 62.0 Å². The largest absolute Gasteiger partial charge is 0.361 e. The van der Waals surface area contributed by atoms with E-state index in [1.54, 1.807) is 0 Å². The van der Waals surface area contributed by atoms with E-state index in [0.29, 0.717) is 0 Å². The number of nitrogens with zero attached hydrogens (tertiary/aromatic N) is 1. The maximum absolute atomic E-state index is 5.41. The lowest BCUT2D eigenvalue weighted by molar-refractivity contribution is 0.372. The van der Waals surface area contributed by atoms with Crippen molar-refractivity contribution in [2.75, 3.05) is 0 Å². The number of hydrogen-bond acceptors (Lipinski definition) is 2. The third-order valence-electron chi connectivity index (χ3n) is 3.43. The first-order valence-electron chi connectivity index (χ1n) is 6.32. The van der Waals surface area contributed by atoms with Gasteiger partial charge >= 0.3 is 0 Å². The van der Waals surface area contributed by atoms with Gasteiger partial charge in [-0.25, -0.2) is 0 Å². The molecule has 1 aromatic rings. The Balaban J connectivity index is 2.04. The molecule has 1 aliphatic carbocycles. The van der Waals surface area contributed by atoms with E-state index in [0.717, 1.165) is 18.6 Å². The Morgan fingerprint density at radius 2 is 1.47 bits per heavy atom. The third-order valence-corrected chi connectivity index (χ3v) is 3.43. The van der Waals surface area contributed by atoms with E-state index in [1.807, 2.05) is 0 Å². The fourth-order valence-electron chi connectivity index (χ4n) is 2.34. The number of aromatic nitrogens is 1. The zero-order chi connectivity index (χ0) is 10.5. The van der Waals surface area contributed by atoms with E-state index >= 15 is 0 Å². The molecule has 0 aliphatic heterocycles. The Hall–Kier alpha value is -0.790. The van der Waals surface area contributed by atoms with Crippen LogP contribution >= 0.6 is 0 Å². The first-order chi connectivity index (χ1) is 7.38. The minimum absolute atomic E-state index is 1.08. The van der Waals surface area contributed by atoms with Crippen LogP contribution in [0, 0.1) is 6.92 Å². The average molecular weight is 207 g/mol. The van der Waals surface area contributed by atoms with Crippen molar-refractivity contribution in [3.63, 3.8) is 0 Å². The molecule has 0 spiro atoms. The SMILES string of the molecule is Cc1c2noc1CCCCCCCCC2. The van der Waals surface area contributed by atoms with E-state index < -0.39 is 0 Å². The summed E-state index contributed by atoms with van der Waals surface area (Å²) in [5, 5.41) is 4.19. The van der Waals surface area contributed by atoms with E-state index in [1.165, 1.54) is 56.2 Å². The van der Waals surface area contributed by atoms with Crippen LogP contribution in [-0.4, -0.2) is 5.16 Å². The quantitative estimate of drug-likeness (QED) is 0.646. The Morgan fingerprint density at radius 1 is 0.867 bits per heavy atom. The van der Waals surface area contributed by atoms with Gasteiger partial charge in [0.1, 0.15) is 5.76 Å². The van der Waals surface area contributed by atoms with E-state index in [4.69, 9.17) is 4.52 Å². The van der Waals surface area contributed by atoms with Gasteiger partial charge in [0.15, 0.2) is 0 Å². The Labute approximate surface area is 92.0 Å². The summed E-state index contributed by atoms with van der Waals surface area (Å²) in [5.41, 5.74) is 2.51. The Kier molecular flexibility index (Phi) is 3.81. The van der Waals surface area contributed by atoms with Crippen molar-refractivity contribution in [3.05, 3.63) is 17.0 Å². The van der Waals surface area contributed by atoms with Crippen molar-refractivity contribution < 1.29 is 4.52 Å². The molecule has 84 valence electrons. The van der Waals surface area contributed by atoms with Crippen LogP contribution in [0.15, 0.2) is 4.52 Å². The Bertz CT molecular complexity index is 276. The molecule has 0 unspecified atom stereocenters. The van der Waals surface area contributed by atoms with Crippen LogP contribution in [0.4, 0.5) is 0 Å². The van der Waals surface area contributed by atoms with E-state index in [-0.39, 0.29) is 0 Å². The molecule has 0 amide bonds. The van der Waals surface area contributed by atoms with Crippen molar-refractivity contribution in [1.82, 2.24) is 5.16 Å². The van der Waals surface area contributed by atoms with Gasteiger partial charge in [-0.3, -0.25) is 0 Å². The van der Waals surface area contributed by atoms with Crippen LogP contribution < -0.4 is 0 Å². The van der Waals surface area contributed by atoms with Gasteiger partial charge in [0.25, 0.3) is 0 Å². The van der Waals surface area contributed by atoms with Gasteiger partial charge in [0.05, 0.1) is 5.69 Å². The topological polar surface area (TPSA) is 26.0 Å². The maximum Gasteiger partial charge on any atom is 0.139 e. The fourth-order valence-corrected chi connectivity index (χ4v) is 2.34. The minimum atomic E-state index is 1.08. The highest BCUT2D eigenvalue weighted by molar-refractivity contribution is 5.21. The van der Waals surface area contributed by atoms with Crippen LogP contribution in [0.2, 0.25) is 0 Å². The number of fused-ring (bicyclic) bond motifs is 2. The molecule has 2 rings (SSSR count). The fraction of sp³-hybridized carbons (Fsp3) is 0.769. The van der Waals surface area contributed by atoms with Gasteiger partial charge < -0.3 is 4.52 Å². The lowest BCUT2D eigenvalue weighted by Gasteiger charge is -2.03. The number of hydrogen-bond donors (Lipinski definition) is 0. The molecule has 0 fully saturated rings. The molecule has 2 bridgehead atoms.